The number of hydrogen-bond acceptors (Lipinski definition) is 4. The van der Waals surface area contributed by atoms with E-state index in [1.165, 1.54) is 28.1 Å². The van der Waals surface area contributed by atoms with Gasteiger partial charge in [-0.2, -0.15) is 11.3 Å². The predicted octanol–water partition coefficient (Wildman–Crippen LogP) is 3.99. The number of nitrogens with one attached hydrogen (secondary N) is 1. The summed E-state index contributed by atoms with van der Waals surface area (Å²) in [5.41, 5.74) is 3.79. The van der Waals surface area contributed by atoms with E-state index in [0.717, 1.165) is 18.1 Å². The summed E-state index contributed by atoms with van der Waals surface area (Å²) in [6.07, 6.45) is 1.17. The lowest BCUT2D eigenvalue weighted by Crippen LogP contribution is -2.13. The van der Waals surface area contributed by atoms with E-state index < -0.39 is 0 Å². The van der Waals surface area contributed by atoms with Gasteiger partial charge < -0.3 is 5.32 Å². The SMILES string of the molecule is CCCNCc1sc(-c2cscc2C)nc1C. The summed E-state index contributed by atoms with van der Waals surface area (Å²) in [4.78, 5) is 6.04. The maximum absolute atomic E-state index is 4.68. The van der Waals surface area contributed by atoms with Crippen LogP contribution in [0.25, 0.3) is 10.6 Å². The van der Waals surface area contributed by atoms with E-state index in [1.807, 2.05) is 11.3 Å². The van der Waals surface area contributed by atoms with Crippen LogP contribution in [-0.2, 0) is 6.54 Å². The van der Waals surface area contributed by atoms with Gasteiger partial charge in [-0.3, -0.25) is 0 Å². The van der Waals surface area contributed by atoms with E-state index in [9.17, 15) is 0 Å². The lowest BCUT2D eigenvalue weighted by atomic mass is 10.2. The molecule has 1 N–H and O–H groups in total. The van der Waals surface area contributed by atoms with Gasteiger partial charge in [0.25, 0.3) is 0 Å². The van der Waals surface area contributed by atoms with E-state index >= 15 is 0 Å². The van der Waals surface area contributed by atoms with Gasteiger partial charge in [0, 0.05) is 22.4 Å². The summed E-state index contributed by atoms with van der Waals surface area (Å²) >= 11 is 3.56. The first-order chi connectivity index (χ1) is 8.22. The van der Waals surface area contributed by atoms with Crippen molar-refractivity contribution >= 4 is 22.7 Å². The average molecular weight is 266 g/mol. The first kappa shape index (κ1) is 12.7. The van der Waals surface area contributed by atoms with Gasteiger partial charge in [0.15, 0.2) is 0 Å². The first-order valence-electron chi connectivity index (χ1n) is 5.92. The summed E-state index contributed by atoms with van der Waals surface area (Å²) in [6.45, 7) is 8.46. The maximum Gasteiger partial charge on any atom is 0.125 e. The minimum atomic E-state index is 0.945. The molecule has 2 nitrogen and oxygen atoms in total. The molecule has 0 radical (unpaired) electrons. The lowest BCUT2D eigenvalue weighted by molar-refractivity contribution is 0.678. The van der Waals surface area contributed by atoms with Crippen LogP contribution in [0.15, 0.2) is 10.8 Å². The van der Waals surface area contributed by atoms with E-state index in [-0.39, 0.29) is 0 Å². The van der Waals surface area contributed by atoms with Gasteiger partial charge in [0.05, 0.1) is 5.69 Å². The van der Waals surface area contributed by atoms with Crippen molar-refractivity contribution in [3.05, 3.63) is 26.9 Å². The number of thiazole rings is 1. The van der Waals surface area contributed by atoms with Crippen LogP contribution in [0.5, 0.6) is 0 Å². The molecule has 2 heterocycles. The third-order valence-electron chi connectivity index (χ3n) is 2.69. The van der Waals surface area contributed by atoms with Crippen molar-refractivity contribution in [1.82, 2.24) is 10.3 Å². The fourth-order valence-electron chi connectivity index (χ4n) is 1.67. The number of aryl methyl sites for hydroxylation is 2. The molecule has 0 aliphatic carbocycles. The second-order valence-corrected chi connectivity index (χ2v) is 6.00. The van der Waals surface area contributed by atoms with Crippen LogP contribution < -0.4 is 5.32 Å². The molecular weight excluding hydrogens is 248 g/mol. The Kier molecular flexibility index (Phi) is 4.31. The normalized spacial score (nSPS) is 11.0. The Hall–Kier alpha value is -0.710. The van der Waals surface area contributed by atoms with Crippen LogP contribution in [0.2, 0.25) is 0 Å². The molecule has 0 unspecified atom stereocenters. The standard InChI is InChI=1S/C13H18N2S2/c1-4-5-14-6-12-10(3)15-13(17-12)11-8-16-7-9(11)2/h7-8,14H,4-6H2,1-3H3. The average Bonchev–Trinajstić information content (AvgIpc) is 2.86. The molecule has 0 fully saturated rings. The van der Waals surface area contributed by atoms with Gasteiger partial charge >= 0.3 is 0 Å². The highest BCUT2D eigenvalue weighted by Crippen LogP contribution is 2.32. The highest BCUT2D eigenvalue weighted by atomic mass is 32.1. The number of aromatic nitrogens is 1. The van der Waals surface area contributed by atoms with Gasteiger partial charge in [-0.15, -0.1) is 11.3 Å². The van der Waals surface area contributed by atoms with Crippen LogP contribution in [0, 0.1) is 13.8 Å². The van der Waals surface area contributed by atoms with E-state index in [2.05, 4.69) is 41.8 Å². The van der Waals surface area contributed by atoms with Gasteiger partial charge in [-0.05, 0) is 37.8 Å². The predicted molar refractivity (Wildman–Crippen MR) is 76.9 cm³/mol. The van der Waals surface area contributed by atoms with Gasteiger partial charge in [-0.25, -0.2) is 4.98 Å². The second kappa shape index (κ2) is 5.76. The molecule has 0 aliphatic rings. The zero-order valence-corrected chi connectivity index (χ0v) is 12.2. The van der Waals surface area contributed by atoms with Crippen molar-refractivity contribution < 1.29 is 0 Å². The third-order valence-corrected chi connectivity index (χ3v) is 4.74. The maximum atomic E-state index is 4.68. The first-order valence-corrected chi connectivity index (χ1v) is 7.68. The molecule has 2 rings (SSSR count). The third kappa shape index (κ3) is 2.94. The van der Waals surface area contributed by atoms with E-state index in [1.54, 1.807) is 11.3 Å². The minimum Gasteiger partial charge on any atom is -0.312 e. The largest absolute Gasteiger partial charge is 0.312 e. The summed E-state index contributed by atoms with van der Waals surface area (Å²) in [5.74, 6) is 0. The Morgan fingerprint density at radius 2 is 2.12 bits per heavy atom. The molecule has 2 aromatic heterocycles. The fraction of sp³-hybridized carbons (Fsp3) is 0.462. The molecule has 0 bridgehead atoms. The van der Waals surface area contributed by atoms with Crippen molar-refractivity contribution in [3.63, 3.8) is 0 Å². The zero-order valence-electron chi connectivity index (χ0n) is 10.5. The van der Waals surface area contributed by atoms with E-state index in [4.69, 9.17) is 0 Å². The molecular formula is C13H18N2S2. The summed E-state index contributed by atoms with van der Waals surface area (Å²) in [6, 6.07) is 0. The van der Waals surface area contributed by atoms with Gasteiger partial charge in [0.1, 0.15) is 5.01 Å². The van der Waals surface area contributed by atoms with Gasteiger partial charge in [0.2, 0.25) is 0 Å². The number of thiophene rings is 1. The number of hydrogen-bond donors (Lipinski definition) is 1. The molecule has 0 atom stereocenters. The fourth-order valence-corrected chi connectivity index (χ4v) is 3.69. The summed E-state index contributed by atoms with van der Waals surface area (Å²) in [7, 11) is 0. The highest BCUT2D eigenvalue weighted by Gasteiger charge is 2.11. The molecule has 0 amide bonds. The Morgan fingerprint density at radius 1 is 1.29 bits per heavy atom. The molecule has 0 spiro atoms. The van der Waals surface area contributed by atoms with Crippen molar-refractivity contribution in [2.75, 3.05) is 6.54 Å². The lowest BCUT2D eigenvalue weighted by Gasteiger charge is -1.99. The Balaban J connectivity index is 2.16. The Morgan fingerprint density at radius 3 is 2.76 bits per heavy atom. The van der Waals surface area contributed by atoms with Crippen LogP contribution in [0.4, 0.5) is 0 Å². The summed E-state index contributed by atoms with van der Waals surface area (Å²) in [5, 5.41) is 8.97. The number of rotatable bonds is 5. The smallest absolute Gasteiger partial charge is 0.125 e. The molecule has 0 saturated carbocycles. The quantitative estimate of drug-likeness (QED) is 0.828. The molecule has 0 saturated heterocycles. The van der Waals surface area contributed by atoms with Crippen LogP contribution in [0.1, 0.15) is 29.5 Å². The van der Waals surface area contributed by atoms with Crippen LogP contribution >= 0.6 is 22.7 Å². The molecule has 4 heteroatoms. The van der Waals surface area contributed by atoms with Gasteiger partial charge in [-0.1, -0.05) is 6.92 Å². The minimum absolute atomic E-state index is 0.945. The van der Waals surface area contributed by atoms with Crippen LogP contribution in [0.3, 0.4) is 0 Å². The van der Waals surface area contributed by atoms with Crippen LogP contribution in [-0.4, -0.2) is 11.5 Å². The summed E-state index contributed by atoms with van der Waals surface area (Å²) < 4.78 is 0. The van der Waals surface area contributed by atoms with Crippen molar-refractivity contribution in [2.24, 2.45) is 0 Å². The molecule has 92 valence electrons. The molecule has 0 aromatic carbocycles. The highest BCUT2D eigenvalue weighted by molar-refractivity contribution is 7.15. The second-order valence-electron chi connectivity index (χ2n) is 4.17. The monoisotopic (exact) mass is 266 g/mol. The Labute approximate surface area is 111 Å². The van der Waals surface area contributed by atoms with E-state index in [0.29, 0.717) is 0 Å². The number of nitrogens with zero attached hydrogens (tertiary/aromatic N) is 1. The van der Waals surface area contributed by atoms with Crippen molar-refractivity contribution in [1.29, 1.82) is 0 Å². The topological polar surface area (TPSA) is 24.9 Å². The molecule has 17 heavy (non-hydrogen) atoms. The molecule has 0 aliphatic heterocycles. The Bertz CT molecular complexity index is 485. The van der Waals surface area contributed by atoms with Crippen molar-refractivity contribution in [2.45, 2.75) is 33.7 Å². The van der Waals surface area contributed by atoms with Crippen molar-refractivity contribution in [3.8, 4) is 10.6 Å². The zero-order chi connectivity index (χ0) is 12.3. The molecule has 2 aromatic rings.